The fourth-order valence-electron chi connectivity index (χ4n) is 1.05. The number of non-ortho nitro benzene ring substituents is 1. The van der Waals surface area contributed by atoms with Gasteiger partial charge in [-0.15, -0.1) is 0 Å². The highest BCUT2D eigenvalue weighted by Gasteiger charge is 2.10. The number of amides is 1. The Morgan fingerprint density at radius 2 is 2.25 bits per heavy atom. The first kappa shape index (κ1) is 12.2. The monoisotopic (exact) mass is 240 g/mol. The van der Waals surface area contributed by atoms with Crippen LogP contribution in [-0.2, 0) is 4.79 Å². The fourth-order valence-corrected chi connectivity index (χ4v) is 1.21. The van der Waals surface area contributed by atoms with E-state index in [-0.39, 0.29) is 22.3 Å². The third kappa shape index (κ3) is 3.06. The number of carbonyl (C=O) groups excluding carboxylic acids is 1. The molecule has 0 spiro atoms. The van der Waals surface area contributed by atoms with E-state index in [0.717, 1.165) is 0 Å². The van der Waals surface area contributed by atoms with Crippen molar-refractivity contribution in [2.75, 3.05) is 5.32 Å². The molecule has 0 aromatic heterocycles. The molecule has 5 nitrogen and oxygen atoms in total. The minimum atomic E-state index is -0.554. The summed E-state index contributed by atoms with van der Waals surface area (Å²) in [6.45, 7) is 1.69. The summed E-state index contributed by atoms with van der Waals surface area (Å²) in [5.74, 6) is -0.384. The number of nitro groups is 1. The largest absolute Gasteiger partial charge is 0.321 e. The van der Waals surface area contributed by atoms with Gasteiger partial charge in [0, 0.05) is 12.1 Å². The molecule has 0 saturated heterocycles. The number of carbonyl (C=O) groups is 1. The quantitative estimate of drug-likeness (QED) is 0.502. The van der Waals surface area contributed by atoms with E-state index in [4.69, 9.17) is 11.6 Å². The van der Waals surface area contributed by atoms with Gasteiger partial charge in [0.2, 0.25) is 5.91 Å². The molecule has 0 fully saturated rings. The summed E-state index contributed by atoms with van der Waals surface area (Å²) < 4.78 is 0. The molecule has 0 aliphatic heterocycles. The van der Waals surface area contributed by atoms with Crippen molar-refractivity contribution in [1.82, 2.24) is 0 Å². The topological polar surface area (TPSA) is 72.2 Å². The van der Waals surface area contributed by atoms with Crippen molar-refractivity contribution in [3.8, 4) is 0 Å². The molecule has 0 bridgehead atoms. The summed E-state index contributed by atoms with van der Waals surface area (Å²) in [7, 11) is 0. The maximum atomic E-state index is 11.2. The summed E-state index contributed by atoms with van der Waals surface area (Å²) in [6.07, 6.45) is 2.86. The number of rotatable bonds is 3. The normalized spacial score (nSPS) is 10.4. The molecular formula is C10H9ClN2O3. The van der Waals surface area contributed by atoms with E-state index in [0.29, 0.717) is 0 Å². The Labute approximate surface area is 96.9 Å². The summed E-state index contributed by atoms with van der Waals surface area (Å²) >= 11 is 5.78. The van der Waals surface area contributed by atoms with Crippen LogP contribution >= 0.6 is 11.6 Å². The van der Waals surface area contributed by atoms with Crippen molar-refractivity contribution in [2.24, 2.45) is 0 Å². The van der Waals surface area contributed by atoms with Gasteiger partial charge >= 0.3 is 0 Å². The molecule has 1 aromatic rings. The van der Waals surface area contributed by atoms with Gasteiger partial charge in [0.05, 0.1) is 15.6 Å². The standard InChI is InChI=1S/C10H9ClN2O3/c1-2-3-10(14)12-9-6-7(13(15)16)4-5-8(9)11/h2-6H,1H3,(H,12,14). The van der Waals surface area contributed by atoms with Gasteiger partial charge in [-0.25, -0.2) is 0 Å². The predicted octanol–water partition coefficient (Wildman–Crippen LogP) is 2.76. The smallest absolute Gasteiger partial charge is 0.271 e. The van der Waals surface area contributed by atoms with Gasteiger partial charge in [-0.2, -0.15) is 0 Å². The van der Waals surface area contributed by atoms with Crippen molar-refractivity contribution in [3.63, 3.8) is 0 Å². The van der Waals surface area contributed by atoms with Crippen molar-refractivity contribution < 1.29 is 9.72 Å². The number of halogens is 1. The van der Waals surface area contributed by atoms with Gasteiger partial charge in [0.15, 0.2) is 0 Å². The van der Waals surface area contributed by atoms with Gasteiger partial charge in [-0.05, 0) is 19.1 Å². The number of hydrogen-bond donors (Lipinski definition) is 1. The van der Waals surface area contributed by atoms with Crippen LogP contribution in [0.2, 0.25) is 5.02 Å². The average Bonchev–Trinajstić information content (AvgIpc) is 2.21. The van der Waals surface area contributed by atoms with Crippen LogP contribution in [0.15, 0.2) is 30.4 Å². The van der Waals surface area contributed by atoms with Crippen LogP contribution in [0.25, 0.3) is 0 Å². The van der Waals surface area contributed by atoms with Crippen LogP contribution in [-0.4, -0.2) is 10.8 Å². The molecular weight excluding hydrogens is 232 g/mol. The summed E-state index contributed by atoms with van der Waals surface area (Å²) in [5.41, 5.74) is 0.0964. The molecule has 1 amide bonds. The molecule has 0 saturated carbocycles. The first-order valence-corrected chi connectivity index (χ1v) is 4.80. The molecule has 1 rings (SSSR count). The molecule has 0 aliphatic carbocycles. The molecule has 0 heterocycles. The zero-order valence-electron chi connectivity index (χ0n) is 8.44. The lowest BCUT2D eigenvalue weighted by atomic mass is 10.2. The highest BCUT2D eigenvalue weighted by atomic mass is 35.5. The lowest BCUT2D eigenvalue weighted by Gasteiger charge is -2.04. The lowest BCUT2D eigenvalue weighted by Crippen LogP contribution is -2.08. The lowest BCUT2D eigenvalue weighted by molar-refractivity contribution is -0.384. The van der Waals surface area contributed by atoms with E-state index in [1.165, 1.54) is 24.3 Å². The molecule has 0 atom stereocenters. The van der Waals surface area contributed by atoms with Crippen molar-refractivity contribution in [1.29, 1.82) is 0 Å². The molecule has 6 heteroatoms. The van der Waals surface area contributed by atoms with Gasteiger partial charge < -0.3 is 5.32 Å². The van der Waals surface area contributed by atoms with E-state index in [1.807, 2.05) is 0 Å². The summed E-state index contributed by atoms with van der Waals surface area (Å²) in [5, 5.41) is 13.2. The van der Waals surface area contributed by atoms with Gasteiger partial charge in [-0.3, -0.25) is 14.9 Å². The van der Waals surface area contributed by atoms with Crippen LogP contribution in [0, 0.1) is 10.1 Å². The Bertz CT molecular complexity index is 457. The Morgan fingerprint density at radius 1 is 1.56 bits per heavy atom. The Morgan fingerprint density at radius 3 is 2.81 bits per heavy atom. The number of nitrogens with zero attached hydrogens (tertiary/aromatic N) is 1. The molecule has 0 unspecified atom stereocenters. The highest BCUT2D eigenvalue weighted by Crippen LogP contribution is 2.26. The van der Waals surface area contributed by atoms with Crippen molar-refractivity contribution in [3.05, 3.63) is 45.5 Å². The molecule has 0 aliphatic rings. The summed E-state index contributed by atoms with van der Waals surface area (Å²) in [4.78, 5) is 21.2. The summed E-state index contributed by atoms with van der Waals surface area (Å²) in [6, 6.07) is 3.85. The molecule has 16 heavy (non-hydrogen) atoms. The van der Waals surface area contributed by atoms with Gasteiger partial charge in [0.25, 0.3) is 5.69 Å². The van der Waals surface area contributed by atoms with E-state index < -0.39 is 4.92 Å². The van der Waals surface area contributed by atoms with Crippen molar-refractivity contribution in [2.45, 2.75) is 6.92 Å². The number of nitro benzene ring substituents is 1. The van der Waals surface area contributed by atoms with Gasteiger partial charge in [0.1, 0.15) is 0 Å². The van der Waals surface area contributed by atoms with Crippen LogP contribution in [0.1, 0.15) is 6.92 Å². The fraction of sp³-hybridized carbons (Fsp3) is 0.100. The maximum Gasteiger partial charge on any atom is 0.271 e. The predicted molar refractivity (Wildman–Crippen MR) is 61.6 cm³/mol. The van der Waals surface area contributed by atoms with Crippen LogP contribution in [0.3, 0.4) is 0 Å². The molecule has 0 radical (unpaired) electrons. The molecule has 84 valence electrons. The second-order valence-electron chi connectivity index (χ2n) is 2.91. The van der Waals surface area contributed by atoms with E-state index in [9.17, 15) is 14.9 Å². The Kier molecular flexibility index (Phi) is 4.02. The maximum absolute atomic E-state index is 11.2. The highest BCUT2D eigenvalue weighted by molar-refractivity contribution is 6.33. The number of benzene rings is 1. The first-order valence-electron chi connectivity index (χ1n) is 4.42. The third-order valence-corrected chi connectivity index (χ3v) is 2.07. The first-order chi connectivity index (χ1) is 7.54. The zero-order valence-corrected chi connectivity index (χ0v) is 9.19. The second-order valence-corrected chi connectivity index (χ2v) is 3.32. The second kappa shape index (κ2) is 5.27. The van der Waals surface area contributed by atoms with Crippen molar-refractivity contribution >= 4 is 28.9 Å². The third-order valence-electron chi connectivity index (χ3n) is 1.74. The van der Waals surface area contributed by atoms with E-state index in [2.05, 4.69) is 5.32 Å². The minimum absolute atomic E-state index is 0.125. The van der Waals surface area contributed by atoms with E-state index in [1.54, 1.807) is 13.0 Å². The van der Waals surface area contributed by atoms with Gasteiger partial charge in [-0.1, -0.05) is 17.7 Å². The Balaban J connectivity index is 2.98. The van der Waals surface area contributed by atoms with Crippen LogP contribution in [0.4, 0.5) is 11.4 Å². The number of hydrogen-bond acceptors (Lipinski definition) is 3. The van der Waals surface area contributed by atoms with Crippen LogP contribution < -0.4 is 5.32 Å². The Hall–Kier alpha value is -1.88. The molecule has 1 N–H and O–H groups in total. The SMILES string of the molecule is CC=CC(=O)Nc1cc([N+](=O)[O-])ccc1Cl. The van der Waals surface area contributed by atoms with E-state index >= 15 is 0 Å². The molecule has 1 aromatic carbocycles. The van der Waals surface area contributed by atoms with Crippen LogP contribution in [0.5, 0.6) is 0 Å². The number of anilines is 1. The minimum Gasteiger partial charge on any atom is -0.321 e. The zero-order chi connectivity index (χ0) is 12.1. The number of allylic oxidation sites excluding steroid dienone is 1. The average molecular weight is 241 g/mol. The number of nitrogens with one attached hydrogen (secondary N) is 1.